The molecule has 0 aromatic carbocycles. The van der Waals surface area contributed by atoms with Gasteiger partial charge in [0.15, 0.2) is 0 Å². The summed E-state index contributed by atoms with van der Waals surface area (Å²) in [4.78, 5) is 15.9. The van der Waals surface area contributed by atoms with Crippen molar-refractivity contribution in [1.82, 2.24) is 9.97 Å². The van der Waals surface area contributed by atoms with Crippen LogP contribution in [-0.4, -0.2) is 26.7 Å². The van der Waals surface area contributed by atoms with Crippen LogP contribution in [0.2, 0.25) is 0 Å². The molecule has 72 valence electrons. The fourth-order valence-corrected chi connectivity index (χ4v) is 0.697. The van der Waals surface area contributed by atoms with E-state index in [0.717, 1.165) is 5.69 Å². The zero-order valence-electron chi connectivity index (χ0n) is 7.18. The summed E-state index contributed by atoms with van der Waals surface area (Å²) < 4.78 is 0. The van der Waals surface area contributed by atoms with Crippen LogP contribution in [-0.2, 0) is 25.9 Å². The van der Waals surface area contributed by atoms with Crippen LogP contribution in [0.25, 0.3) is 0 Å². The summed E-state index contributed by atoms with van der Waals surface area (Å²) in [7, 11) is 0. The fourth-order valence-electron chi connectivity index (χ4n) is 0.697. The second-order valence-electron chi connectivity index (χ2n) is 2.01. The first kappa shape index (κ1) is 14.6. The smallest absolute Gasteiger partial charge is 0.214 e. The Bertz CT molecular complexity index is 217. The van der Waals surface area contributed by atoms with Gasteiger partial charge in [0, 0.05) is 32.8 Å². The minimum Gasteiger partial charge on any atom is -0.665 e. The summed E-state index contributed by atoms with van der Waals surface area (Å²) in [6.07, 6.45) is 0. The van der Waals surface area contributed by atoms with Crippen LogP contribution < -0.4 is 0 Å². The van der Waals surface area contributed by atoms with E-state index in [1.54, 1.807) is 6.92 Å². The van der Waals surface area contributed by atoms with E-state index in [1.165, 1.54) is 6.07 Å². The van der Waals surface area contributed by atoms with E-state index >= 15 is 0 Å². The minimum absolute atomic E-state index is 0. The summed E-state index contributed by atoms with van der Waals surface area (Å²) in [5.74, 6) is 0.646. The van der Waals surface area contributed by atoms with Gasteiger partial charge in [-0.3, -0.25) is 0 Å². The Morgan fingerprint density at radius 1 is 1.38 bits per heavy atom. The molecule has 2 N–H and O–H groups in total. The minimum atomic E-state index is 0. The standard InChI is InChI=1S/C6H8N2O.CHO2.W/c1-4-3-6(9)8-5(2)7-4;2-1-3;/h3H,1-2H3,(H,7,8,9);(H,2,3);/q;-1;. The third kappa shape index (κ3) is 7.40. The summed E-state index contributed by atoms with van der Waals surface area (Å²) in [5, 5.41) is 15.6. The predicted molar refractivity (Wildman–Crippen MR) is 41.5 cm³/mol. The first-order valence-corrected chi connectivity index (χ1v) is 3.12. The molecule has 13 heavy (non-hydrogen) atoms. The molecule has 6 heteroatoms. The van der Waals surface area contributed by atoms with Gasteiger partial charge in [-0.05, 0) is 13.8 Å². The summed E-state index contributed by atoms with van der Waals surface area (Å²) >= 11 is 0. The van der Waals surface area contributed by atoms with Gasteiger partial charge in [-0.2, -0.15) is 4.98 Å². The Hall–Kier alpha value is -0.962. The molecule has 0 fully saturated rings. The van der Waals surface area contributed by atoms with E-state index in [0.29, 0.717) is 12.3 Å². The molecule has 0 bridgehead atoms. The Balaban J connectivity index is 0. The maximum absolute atomic E-state index is 8.84. The first-order chi connectivity index (χ1) is 5.60. The van der Waals surface area contributed by atoms with Crippen LogP contribution >= 0.6 is 0 Å². The fraction of sp³-hybridized carbons (Fsp3) is 0.286. The molecule has 1 rings (SSSR count). The van der Waals surface area contributed by atoms with E-state index in [9.17, 15) is 0 Å². The quantitative estimate of drug-likeness (QED) is 0.661. The molecule has 0 unspecified atom stereocenters. The molecule has 0 aliphatic heterocycles. The van der Waals surface area contributed by atoms with Crippen molar-refractivity contribution in [1.29, 1.82) is 0 Å². The van der Waals surface area contributed by atoms with E-state index < -0.39 is 0 Å². The van der Waals surface area contributed by atoms with Crippen molar-refractivity contribution in [2.75, 3.05) is 0 Å². The molecule has 0 atom stereocenters. The average Bonchev–Trinajstić information content (AvgIpc) is 1.84. The molecule has 1 aromatic heterocycles. The number of aliphatic hydroxyl groups excluding tert-OH is 1. The summed E-state index contributed by atoms with van der Waals surface area (Å²) in [6, 6.07) is 1.52. The number of hydrogen-bond donors (Lipinski definition) is 2. The number of aromatic nitrogens is 2. The topological polar surface area (TPSA) is 83.3 Å². The average molecular weight is 353 g/mol. The molecule has 0 saturated heterocycles. The van der Waals surface area contributed by atoms with Gasteiger partial charge in [-0.25, -0.2) is 4.98 Å². The number of rotatable bonds is 0. The Morgan fingerprint density at radius 3 is 2.15 bits per heavy atom. The van der Waals surface area contributed by atoms with Crippen molar-refractivity contribution in [3.8, 4) is 5.88 Å². The van der Waals surface area contributed by atoms with E-state index in [2.05, 4.69) is 9.97 Å². The van der Waals surface area contributed by atoms with Gasteiger partial charge in [0.05, 0.1) is 0 Å². The molecule has 0 amide bonds. The Morgan fingerprint density at radius 2 is 1.85 bits per heavy atom. The first-order valence-electron chi connectivity index (χ1n) is 3.12. The van der Waals surface area contributed by atoms with Crippen LogP contribution in [0.1, 0.15) is 11.5 Å². The maximum Gasteiger partial charge on any atom is 0.214 e. The zero-order valence-corrected chi connectivity index (χ0v) is 10.1. The van der Waals surface area contributed by atoms with Crippen molar-refractivity contribution < 1.29 is 36.1 Å². The van der Waals surface area contributed by atoms with E-state index in [-0.39, 0.29) is 26.9 Å². The van der Waals surface area contributed by atoms with Crippen molar-refractivity contribution in [2.45, 2.75) is 13.8 Å². The molecule has 0 saturated carbocycles. The third-order valence-electron chi connectivity index (χ3n) is 0.952. The van der Waals surface area contributed by atoms with E-state index in [4.69, 9.17) is 15.0 Å². The molecule has 0 spiro atoms. The van der Waals surface area contributed by atoms with Crippen LogP contribution in [0.5, 0.6) is 5.88 Å². The van der Waals surface area contributed by atoms with Crippen LogP contribution in [0, 0.1) is 13.8 Å². The van der Waals surface area contributed by atoms with Gasteiger partial charge in [0.25, 0.3) is 0 Å². The van der Waals surface area contributed by atoms with Crippen LogP contribution in [0.3, 0.4) is 0 Å². The maximum atomic E-state index is 8.84. The SMILES string of the molecule is Cc1cc(O)nc(C)n1.O=[C-]O.[W]. The van der Waals surface area contributed by atoms with Crippen molar-refractivity contribution >= 4 is 6.47 Å². The monoisotopic (exact) mass is 353 g/mol. The molecule has 1 heterocycles. The number of hydrogen-bond acceptors (Lipinski definition) is 4. The van der Waals surface area contributed by atoms with Gasteiger partial charge >= 0.3 is 0 Å². The van der Waals surface area contributed by atoms with Crippen molar-refractivity contribution in [3.05, 3.63) is 17.6 Å². The molecule has 1 aromatic rings. The normalized spacial score (nSPS) is 7.54. The summed E-state index contributed by atoms with van der Waals surface area (Å²) in [5.41, 5.74) is 0.792. The summed E-state index contributed by atoms with van der Waals surface area (Å²) in [6.45, 7) is 4.06. The van der Waals surface area contributed by atoms with Crippen molar-refractivity contribution in [2.24, 2.45) is 0 Å². The second kappa shape index (κ2) is 7.68. The van der Waals surface area contributed by atoms with E-state index in [1.807, 2.05) is 6.92 Å². The van der Waals surface area contributed by atoms with Crippen LogP contribution in [0.15, 0.2) is 6.07 Å². The third-order valence-corrected chi connectivity index (χ3v) is 0.952. The molecule has 0 aliphatic carbocycles. The number of nitrogens with zero attached hydrogens (tertiary/aromatic N) is 2. The molecular weight excluding hydrogens is 344 g/mol. The Kier molecular flexibility index (Phi) is 8.59. The number of aryl methyl sites for hydroxylation is 2. The van der Waals surface area contributed by atoms with Crippen molar-refractivity contribution in [3.63, 3.8) is 0 Å². The predicted octanol–water partition coefficient (Wildman–Crippen LogP) is 0.408. The molecule has 0 aliphatic rings. The molecule has 0 radical (unpaired) electrons. The Labute approximate surface area is 90.1 Å². The van der Waals surface area contributed by atoms with Gasteiger partial charge in [-0.15, -0.1) is 0 Å². The molecule has 5 nitrogen and oxygen atoms in total. The van der Waals surface area contributed by atoms with Gasteiger partial charge in [-0.1, -0.05) is 6.47 Å². The zero-order chi connectivity index (χ0) is 9.56. The van der Waals surface area contributed by atoms with Gasteiger partial charge < -0.3 is 15.0 Å². The van der Waals surface area contributed by atoms with Crippen LogP contribution in [0.4, 0.5) is 0 Å². The largest absolute Gasteiger partial charge is 0.665 e. The van der Waals surface area contributed by atoms with Gasteiger partial charge in [0.1, 0.15) is 5.82 Å². The number of aromatic hydroxyl groups is 1. The van der Waals surface area contributed by atoms with Gasteiger partial charge in [0.2, 0.25) is 5.88 Å². The molecular formula is C7H9N2O3W-. The second-order valence-corrected chi connectivity index (χ2v) is 2.01.